The number of carbonyl (C=O) groups excluding carboxylic acids is 2. The molecule has 2 fully saturated rings. The molecule has 0 unspecified atom stereocenters. The molecular formula is C26H30N6O5. The Balaban J connectivity index is 1.47. The minimum atomic E-state index is -0.469. The van der Waals surface area contributed by atoms with Crippen molar-refractivity contribution in [2.75, 3.05) is 45.9 Å². The van der Waals surface area contributed by atoms with Crippen molar-refractivity contribution < 1.29 is 23.8 Å². The lowest BCUT2D eigenvalue weighted by atomic mass is 9.86. The van der Waals surface area contributed by atoms with Crippen molar-refractivity contribution in [1.29, 1.82) is 0 Å². The molecule has 2 aliphatic rings. The van der Waals surface area contributed by atoms with Crippen LogP contribution in [0.5, 0.6) is 11.6 Å². The first-order valence-corrected chi connectivity index (χ1v) is 12.1. The number of hydrogen-bond acceptors (Lipinski definition) is 7. The zero-order chi connectivity index (χ0) is 26.0. The van der Waals surface area contributed by atoms with Crippen LogP contribution in [0, 0.1) is 0 Å². The molecule has 2 aliphatic heterocycles. The van der Waals surface area contributed by atoms with Crippen molar-refractivity contribution in [1.82, 2.24) is 25.0 Å². The molecule has 37 heavy (non-hydrogen) atoms. The monoisotopic (exact) mass is 506 g/mol. The summed E-state index contributed by atoms with van der Waals surface area (Å²) in [5.41, 5.74) is 2.11. The maximum atomic E-state index is 13.9. The number of carbonyl (C=O) groups is 2. The van der Waals surface area contributed by atoms with E-state index in [-0.39, 0.29) is 12.1 Å². The number of H-pyrrole nitrogens is 1. The van der Waals surface area contributed by atoms with Gasteiger partial charge in [0.25, 0.3) is 0 Å². The molecule has 0 bridgehead atoms. The number of urea groups is 1. The van der Waals surface area contributed by atoms with Gasteiger partial charge in [0.05, 0.1) is 39.6 Å². The molecule has 1 aromatic carbocycles. The van der Waals surface area contributed by atoms with E-state index in [1.54, 1.807) is 36.4 Å². The quantitative estimate of drug-likeness (QED) is 0.544. The Bertz CT molecular complexity index is 1270. The van der Waals surface area contributed by atoms with E-state index in [4.69, 9.17) is 19.2 Å². The molecule has 0 atom stereocenters. The normalized spacial score (nSPS) is 16.8. The highest BCUT2D eigenvalue weighted by Crippen LogP contribution is 2.40. The molecule has 0 radical (unpaired) electrons. The Morgan fingerprint density at radius 1 is 1.11 bits per heavy atom. The molecular weight excluding hydrogens is 476 g/mol. The highest BCUT2D eigenvalue weighted by Gasteiger charge is 2.52. The molecule has 2 aromatic heterocycles. The fourth-order valence-corrected chi connectivity index (χ4v) is 5.18. The van der Waals surface area contributed by atoms with Crippen molar-refractivity contribution >= 4 is 17.9 Å². The summed E-state index contributed by atoms with van der Waals surface area (Å²) in [7, 11) is 4.56. The maximum Gasteiger partial charge on any atom is 0.409 e. The first-order valence-electron chi connectivity index (χ1n) is 12.1. The molecule has 11 nitrogen and oxygen atoms in total. The molecule has 4 heterocycles. The number of piperidine rings is 1. The summed E-state index contributed by atoms with van der Waals surface area (Å²) in [6, 6.07) is 11.3. The van der Waals surface area contributed by atoms with Crippen LogP contribution in [0.3, 0.4) is 0 Å². The van der Waals surface area contributed by atoms with Crippen LogP contribution in [-0.4, -0.2) is 83.6 Å². The third-order valence-corrected chi connectivity index (χ3v) is 7.21. The van der Waals surface area contributed by atoms with E-state index in [0.717, 1.165) is 22.4 Å². The van der Waals surface area contributed by atoms with Gasteiger partial charge in [-0.15, -0.1) is 0 Å². The number of hydrogen-bond donors (Lipinski definition) is 1. The van der Waals surface area contributed by atoms with Gasteiger partial charge in [0.15, 0.2) is 0 Å². The largest absolute Gasteiger partial charge is 0.497 e. The van der Waals surface area contributed by atoms with Crippen molar-refractivity contribution in [3.05, 3.63) is 54.4 Å². The lowest BCUT2D eigenvalue weighted by Gasteiger charge is -2.43. The Labute approximate surface area is 214 Å². The average Bonchev–Trinajstić information content (AvgIpc) is 3.56. The number of rotatable bonds is 6. The summed E-state index contributed by atoms with van der Waals surface area (Å²) < 4.78 is 15.9. The van der Waals surface area contributed by atoms with Crippen molar-refractivity contribution in [2.45, 2.75) is 24.9 Å². The predicted molar refractivity (Wildman–Crippen MR) is 136 cm³/mol. The minimum Gasteiger partial charge on any atom is -0.497 e. The van der Waals surface area contributed by atoms with Crippen LogP contribution in [0.25, 0.3) is 11.1 Å². The van der Waals surface area contributed by atoms with E-state index in [2.05, 4.69) is 10.2 Å². The first-order chi connectivity index (χ1) is 18.0. The molecule has 1 spiro atoms. The van der Waals surface area contributed by atoms with Gasteiger partial charge in [-0.2, -0.15) is 10.1 Å². The summed E-state index contributed by atoms with van der Waals surface area (Å²) in [6.07, 6.45) is 4.36. The average molecular weight is 507 g/mol. The number of nitrogens with zero attached hydrogens (tertiary/aromatic N) is 5. The van der Waals surface area contributed by atoms with Crippen LogP contribution in [0.4, 0.5) is 15.4 Å². The smallest absolute Gasteiger partial charge is 0.409 e. The summed E-state index contributed by atoms with van der Waals surface area (Å²) >= 11 is 0. The number of anilines is 1. The number of pyridine rings is 1. The van der Waals surface area contributed by atoms with E-state index in [0.29, 0.717) is 50.7 Å². The van der Waals surface area contributed by atoms with Gasteiger partial charge in [0, 0.05) is 37.0 Å². The van der Waals surface area contributed by atoms with Crippen LogP contribution >= 0.6 is 0 Å². The topological polar surface area (TPSA) is 113 Å². The molecule has 3 amide bonds. The SMILES string of the molecule is COC(=O)N1CCC2(CC1)CN(c1ccc(-c3cn[nH]c3)c(OC)n1)C(=O)N2Cc1cccc(OC)c1. The van der Waals surface area contributed by atoms with Gasteiger partial charge in [-0.25, -0.2) is 9.59 Å². The van der Waals surface area contributed by atoms with Crippen molar-refractivity contribution in [3.8, 4) is 22.8 Å². The third kappa shape index (κ3) is 4.52. The number of ether oxygens (including phenoxy) is 3. The number of amides is 3. The Hall–Kier alpha value is -4.28. The second-order valence-electron chi connectivity index (χ2n) is 9.20. The lowest BCUT2D eigenvalue weighted by Crippen LogP contribution is -2.55. The Morgan fingerprint density at radius 2 is 1.92 bits per heavy atom. The summed E-state index contributed by atoms with van der Waals surface area (Å²) in [4.78, 5) is 36.1. The van der Waals surface area contributed by atoms with Crippen LogP contribution in [0.15, 0.2) is 48.8 Å². The van der Waals surface area contributed by atoms with Gasteiger partial charge in [0.2, 0.25) is 5.88 Å². The van der Waals surface area contributed by atoms with Gasteiger partial charge in [-0.1, -0.05) is 12.1 Å². The maximum absolute atomic E-state index is 13.9. The van der Waals surface area contributed by atoms with E-state index < -0.39 is 5.54 Å². The number of methoxy groups -OCH3 is 3. The first kappa shape index (κ1) is 24.4. The molecule has 194 valence electrons. The standard InChI is InChI=1S/C26H30N6O5/c1-35-20-6-4-5-18(13-20)16-32-24(33)31(17-26(32)9-11-30(12-10-26)25(34)37-3)22-8-7-21(23(29-22)36-2)19-14-27-28-15-19/h4-8,13-15H,9-12,16-17H2,1-3H3,(H,27,28). The van der Waals surface area contributed by atoms with Crippen molar-refractivity contribution in [2.24, 2.45) is 0 Å². The number of likely N-dealkylation sites (tertiary alicyclic amines) is 1. The zero-order valence-corrected chi connectivity index (χ0v) is 21.1. The Kier molecular flexibility index (Phi) is 6.60. The fraction of sp³-hybridized carbons (Fsp3) is 0.385. The van der Waals surface area contributed by atoms with E-state index in [9.17, 15) is 9.59 Å². The van der Waals surface area contributed by atoms with E-state index in [1.807, 2.05) is 41.3 Å². The molecule has 3 aromatic rings. The van der Waals surface area contributed by atoms with Crippen LogP contribution < -0.4 is 14.4 Å². The summed E-state index contributed by atoms with van der Waals surface area (Å²) in [6.45, 7) is 1.86. The third-order valence-electron chi connectivity index (χ3n) is 7.21. The summed E-state index contributed by atoms with van der Waals surface area (Å²) in [5, 5.41) is 6.80. The lowest BCUT2D eigenvalue weighted by molar-refractivity contribution is 0.0615. The number of benzene rings is 1. The van der Waals surface area contributed by atoms with Crippen LogP contribution in [0.1, 0.15) is 18.4 Å². The Morgan fingerprint density at radius 3 is 2.59 bits per heavy atom. The van der Waals surface area contributed by atoms with Gasteiger partial charge in [0.1, 0.15) is 11.6 Å². The van der Waals surface area contributed by atoms with E-state index >= 15 is 0 Å². The molecule has 1 N–H and O–H groups in total. The van der Waals surface area contributed by atoms with E-state index in [1.165, 1.54) is 7.11 Å². The number of nitrogens with one attached hydrogen (secondary N) is 1. The molecule has 0 saturated carbocycles. The summed E-state index contributed by atoms with van der Waals surface area (Å²) in [5.74, 6) is 1.65. The second-order valence-corrected chi connectivity index (χ2v) is 9.20. The molecule has 2 saturated heterocycles. The number of aromatic amines is 1. The van der Waals surface area contributed by atoms with Gasteiger partial charge < -0.3 is 24.0 Å². The zero-order valence-electron chi connectivity index (χ0n) is 21.1. The van der Waals surface area contributed by atoms with Crippen LogP contribution in [-0.2, 0) is 11.3 Å². The fourth-order valence-electron chi connectivity index (χ4n) is 5.18. The second kappa shape index (κ2) is 10.00. The van der Waals surface area contributed by atoms with Crippen molar-refractivity contribution in [3.63, 3.8) is 0 Å². The highest BCUT2D eigenvalue weighted by atomic mass is 16.5. The highest BCUT2D eigenvalue weighted by molar-refractivity contribution is 5.95. The van der Waals surface area contributed by atoms with Gasteiger partial charge >= 0.3 is 12.1 Å². The molecule has 0 aliphatic carbocycles. The van der Waals surface area contributed by atoms with Crippen LogP contribution in [0.2, 0.25) is 0 Å². The predicted octanol–water partition coefficient (Wildman–Crippen LogP) is 3.53. The van der Waals surface area contributed by atoms with Gasteiger partial charge in [-0.3, -0.25) is 10.00 Å². The molecule has 11 heteroatoms. The van der Waals surface area contributed by atoms with Gasteiger partial charge in [-0.05, 0) is 42.7 Å². The molecule has 5 rings (SSSR count). The minimum absolute atomic E-state index is 0.139. The number of aromatic nitrogens is 3.